The van der Waals surface area contributed by atoms with Crippen molar-refractivity contribution in [2.24, 2.45) is 11.1 Å². The second-order valence-electron chi connectivity index (χ2n) is 11.1. The summed E-state index contributed by atoms with van der Waals surface area (Å²) in [5.74, 6) is 0.463. The Hall–Kier alpha value is -4.34. The summed E-state index contributed by atoms with van der Waals surface area (Å²) < 4.78 is 11.5. The molecule has 5 rings (SSSR count). The van der Waals surface area contributed by atoms with Crippen LogP contribution in [0, 0.1) is 23.7 Å². The average molecular weight is 617 g/mol. The highest BCUT2D eigenvalue weighted by Crippen LogP contribution is 2.51. The van der Waals surface area contributed by atoms with Crippen molar-refractivity contribution < 1.29 is 19.1 Å². The summed E-state index contributed by atoms with van der Waals surface area (Å²) in [6, 6.07) is 15.2. The van der Waals surface area contributed by atoms with Gasteiger partial charge in [0.1, 0.15) is 5.82 Å². The molecule has 0 saturated carbocycles. The van der Waals surface area contributed by atoms with Gasteiger partial charge in [-0.1, -0.05) is 61.2 Å². The van der Waals surface area contributed by atoms with Gasteiger partial charge in [0.25, 0.3) is 0 Å². The minimum Gasteiger partial charge on any atom is -0.493 e. The molecular formula is C31H32N6O4S2. The summed E-state index contributed by atoms with van der Waals surface area (Å²) in [4.78, 5) is 28.1. The molecular weight excluding hydrogens is 585 g/mol. The zero-order valence-corrected chi connectivity index (χ0v) is 26.2. The van der Waals surface area contributed by atoms with Crippen LogP contribution in [0.25, 0.3) is 0 Å². The third-order valence-electron chi connectivity index (χ3n) is 7.45. The molecule has 1 atom stereocenters. The molecule has 1 aromatic heterocycles. The van der Waals surface area contributed by atoms with Gasteiger partial charge in [-0.05, 0) is 48.1 Å². The Morgan fingerprint density at radius 1 is 1.19 bits per heavy atom. The quantitative estimate of drug-likeness (QED) is 0.310. The average Bonchev–Trinajstić information content (AvgIpc) is 3.44. The fourth-order valence-electron chi connectivity index (χ4n) is 5.47. The van der Waals surface area contributed by atoms with Crippen LogP contribution in [0.4, 0.5) is 10.8 Å². The molecule has 1 amide bonds. The number of ketones is 1. The molecule has 2 aromatic carbocycles. The molecule has 0 radical (unpaired) electrons. The molecule has 0 spiro atoms. The van der Waals surface area contributed by atoms with Crippen LogP contribution in [-0.4, -0.2) is 41.9 Å². The summed E-state index contributed by atoms with van der Waals surface area (Å²) in [5, 5.41) is 22.4. The Morgan fingerprint density at radius 3 is 2.63 bits per heavy atom. The number of thioether (sulfide) groups is 1. The molecule has 1 aliphatic carbocycles. The van der Waals surface area contributed by atoms with Crippen molar-refractivity contribution in [3.05, 3.63) is 76.3 Å². The zero-order valence-electron chi connectivity index (χ0n) is 24.6. The Labute approximate surface area is 258 Å². The molecule has 3 aromatic rings. The van der Waals surface area contributed by atoms with Gasteiger partial charge < -0.3 is 20.5 Å². The van der Waals surface area contributed by atoms with E-state index in [1.54, 1.807) is 24.1 Å². The van der Waals surface area contributed by atoms with E-state index in [0.29, 0.717) is 50.6 Å². The first-order chi connectivity index (χ1) is 20.6. The summed E-state index contributed by atoms with van der Waals surface area (Å²) >= 11 is 2.51. The van der Waals surface area contributed by atoms with Crippen LogP contribution in [0.1, 0.15) is 43.7 Å². The summed E-state index contributed by atoms with van der Waals surface area (Å²) in [7, 11) is 3.09. The largest absolute Gasteiger partial charge is 0.493 e. The van der Waals surface area contributed by atoms with E-state index in [4.69, 9.17) is 15.2 Å². The van der Waals surface area contributed by atoms with E-state index < -0.39 is 5.92 Å². The number of anilines is 2. The maximum Gasteiger partial charge on any atom is 0.234 e. The summed E-state index contributed by atoms with van der Waals surface area (Å²) in [5.41, 5.74) is 10.3. The van der Waals surface area contributed by atoms with Crippen molar-refractivity contribution in [1.29, 1.82) is 5.26 Å². The Kier molecular flexibility index (Phi) is 8.48. The normalized spacial score (nSPS) is 17.8. The molecule has 0 bridgehead atoms. The highest BCUT2D eigenvalue weighted by Gasteiger charge is 2.45. The number of aromatic nitrogens is 2. The standard InChI is InChI=1S/C31H32N6O4S2/c1-17-8-6-7-9-20(17)34-25(39)16-42-30-36-35-29(43-30)37-21-13-31(2,3)14-22(38)27(21)26(19(15-32)28(37)33)18-10-11-23(40-4)24(12-18)41-5/h6-12,26H,13-14,16,33H2,1-5H3,(H,34,39). The maximum atomic E-state index is 13.8. The van der Waals surface area contributed by atoms with Gasteiger partial charge in [0, 0.05) is 23.4 Å². The van der Waals surface area contributed by atoms with Gasteiger partial charge in [0.05, 0.1) is 37.5 Å². The number of nitrogens with one attached hydrogen (secondary N) is 1. The number of methoxy groups -OCH3 is 2. The van der Waals surface area contributed by atoms with Crippen molar-refractivity contribution in [3.8, 4) is 17.6 Å². The second kappa shape index (κ2) is 12.1. The van der Waals surface area contributed by atoms with Crippen LogP contribution in [-0.2, 0) is 9.59 Å². The van der Waals surface area contributed by atoms with Gasteiger partial charge in [-0.2, -0.15) is 5.26 Å². The molecule has 10 nitrogen and oxygen atoms in total. The molecule has 0 saturated heterocycles. The molecule has 3 N–H and O–H groups in total. The Bertz CT molecular complexity index is 1700. The number of nitriles is 1. The number of benzene rings is 2. The molecule has 2 heterocycles. The van der Waals surface area contributed by atoms with Crippen LogP contribution in [0.15, 0.2) is 69.5 Å². The van der Waals surface area contributed by atoms with Crippen molar-refractivity contribution >= 4 is 45.6 Å². The fourth-order valence-corrected chi connectivity index (χ4v) is 7.15. The highest BCUT2D eigenvalue weighted by molar-refractivity contribution is 8.01. The first kappa shape index (κ1) is 30.1. The van der Waals surface area contributed by atoms with E-state index in [-0.39, 0.29) is 34.3 Å². The molecule has 1 unspecified atom stereocenters. The molecule has 12 heteroatoms. The number of ether oxygens (including phenoxy) is 2. The smallest absolute Gasteiger partial charge is 0.234 e. The highest BCUT2D eigenvalue weighted by atomic mass is 32.2. The number of carbonyl (C=O) groups is 2. The first-order valence-electron chi connectivity index (χ1n) is 13.6. The van der Waals surface area contributed by atoms with Crippen LogP contribution < -0.4 is 25.4 Å². The third-order valence-corrected chi connectivity index (χ3v) is 9.50. The SMILES string of the molecule is COc1ccc(C2C(C#N)=C(N)N(c3nnc(SCC(=O)Nc4ccccc4C)s3)C3=C2C(=O)CC(C)(C)C3)cc1OC. The van der Waals surface area contributed by atoms with E-state index in [0.717, 1.165) is 11.3 Å². The first-order valence-corrected chi connectivity index (χ1v) is 15.4. The minimum absolute atomic E-state index is 0.0525. The minimum atomic E-state index is -0.674. The van der Waals surface area contributed by atoms with Crippen LogP contribution in [0.2, 0.25) is 0 Å². The predicted molar refractivity (Wildman–Crippen MR) is 167 cm³/mol. The van der Waals surface area contributed by atoms with Crippen molar-refractivity contribution in [2.45, 2.75) is 43.9 Å². The van der Waals surface area contributed by atoms with E-state index in [1.165, 1.54) is 30.2 Å². The van der Waals surface area contributed by atoms with Gasteiger partial charge in [0.15, 0.2) is 21.6 Å². The Morgan fingerprint density at radius 2 is 1.93 bits per heavy atom. The number of hydrogen-bond donors (Lipinski definition) is 2. The van der Waals surface area contributed by atoms with Gasteiger partial charge in [-0.3, -0.25) is 14.5 Å². The number of para-hydroxylation sites is 1. The van der Waals surface area contributed by atoms with Crippen molar-refractivity contribution in [2.75, 3.05) is 30.2 Å². The summed E-state index contributed by atoms with van der Waals surface area (Å²) in [6.07, 6.45) is 0.869. The zero-order chi connectivity index (χ0) is 30.9. The number of nitrogens with two attached hydrogens (primary N) is 1. The number of hydrogen-bond acceptors (Lipinski definition) is 11. The van der Waals surface area contributed by atoms with Gasteiger partial charge in [0.2, 0.25) is 11.0 Å². The van der Waals surface area contributed by atoms with E-state index in [9.17, 15) is 14.9 Å². The monoisotopic (exact) mass is 616 g/mol. The third kappa shape index (κ3) is 5.96. The number of amides is 1. The lowest BCUT2D eigenvalue weighted by atomic mass is 9.68. The van der Waals surface area contributed by atoms with Crippen molar-refractivity contribution in [1.82, 2.24) is 10.2 Å². The van der Waals surface area contributed by atoms with Crippen LogP contribution in [0.5, 0.6) is 11.5 Å². The second-order valence-corrected chi connectivity index (χ2v) is 13.3. The van der Waals surface area contributed by atoms with Crippen LogP contribution >= 0.6 is 23.1 Å². The summed E-state index contributed by atoms with van der Waals surface area (Å²) in [6.45, 7) is 6.00. The number of Topliss-reactive ketones (excluding diaryl/α,β-unsaturated/α-hetero) is 1. The topological polar surface area (TPSA) is 143 Å². The lowest BCUT2D eigenvalue weighted by Crippen LogP contribution is -2.42. The fraction of sp³-hybridized carbons (Fsp3) is 0.323. The number of nitrogens with zero attached hydrogens (tertiary/aromatic N) is 4. The van der Waals surface area contributed by atoms with E-state index in [1.807, 2.05) is 51.1 Å². The predicted octanol–water partition coefficient (Wildman–Crippen LogP) is 5.54. The lowest BCUT2D eigenvalue weighted by molar-refractivity contribution is -0.118. The maximum absolute atomic E-state index is 13.8. The van der Waals surface area contributed by atoms with Gasteiger partial charge >= 0.3 is 0 Å². The van der Waals surface area contributed by atoms with Crippen LogP contribution in [0.3, 0.4) is 0 Å². The molecule has 2 aliphatic rings. The number of carbonyl (C=O) groups excluding carboxylic acids is 2. The molecule has 222 valence electrons. The molecule has 0 fully saturated rings. The van der Waals surface area contributed by atoms with Gasteiger partial charge in [-0.15, -0.1) is 10.2 Å². The molecule has 43 heavy (non-hydrogen) atoms. The van der Waals surface area contributed by atoms with Crippen molar-refractivity contribution in [3.63, 3.8) is 0 Å². The number of aryl methyl sites for hydroxylation is 1. The van der Waals surface area contributed by atoms with E-state index >= 15 is 0 Å². The Balaban J connectivity index is 1.50. The van der Waals surface area contributed by atoms with Gasteiger partial charge in [-0.25, -0.2) is 0 Å². The number of rotatable bonds is 8. The molecule has 1 aliphatic heterocycles. The number of allylic oxidation sites excluding steroid dienone is 3. The lowest BCUT2D eigenvalue weighted by Gasteiger charge is -2.42. The van der Waals surface area contributed by atoms with E-state index in [2.05, 4.69) is 21.6 Å².